The van der Waals surface area contributed by atoms with E-state index >= 15 is 0 Å². The number of ketones is 1. The number of allylic oxidation sites excluding steroid dienone is 5. The van der Waals surface area contributed by atoms with Crippen LogP contribution in [0.5, 0.6) is 0 Å². The molecular formula is C21H36O2. The van der Waals surface area contributed by atoms with Crippen LogP contribution in [0.2, 0.25) is 0 Å². The summed E-state index contributed by atoms with van der Waals surface area (Å²) in [4.78, 5) is 11.2. The van der Waals surface area contributed by atoms with E-state index in [1.807, 2.05) is 6.08 Å². The fourth-order valence-corrected chi connectivity index (χ4v) is 2.40. The number of hydrogen-bond donors (Lipinski definition) is 1. The Kier molecular flexibility index (Phi) is 18.0. The van der Waals surface area contributed by atoms with E-state index in [1.165, 1.54) is 76.4 Å². The molecule has 0 unspecified atom stereocenters. The number of carbonyl (C=O) groups excluding carboxylic acids is 1. The molecule has 0 saturated carbocycles. The van der Waals surface area contributed by atoms with E-state index in [4.69, 9.17) is 5.11 Å². The third kappa shape index (κ3) is 18.8. The van der Waals surface area contributed by atoms with Crippen molar-refractivity contribution in [3.63, 3.8) is 0 Å². The van der Waals surface area contributed by atoms with Crippen molar-refractivity contribution < 1.29 is 9.90 Å². The Bertz CT molecular complexity index is 340. The topological polar surface area (TPSA) is 37.3 Å². The van der Waals surface area contributed by atoms with Crippen LogP contribution in [0.3, 0.4) is 0 Å². The Morgan fingerprint density at radius 1 is 0.696 bits per heavy atom. The zero-order chi connectivity index (χ0) is 17.0. The van der Waals surface area contributed by atoms with Gasteiger partial charge in [-0.15, -0.1) is 0 Å². The number of aliphatic hydroxyl groups is 1. The molecule has 0 radical (unpaired) electrons. The fraction of sp³-hybridized carbons (Fsp3) is 0.667. The van der Waals surface area contributed by atoms with E-state index in [0.717, 1.165) is 12.8 Å². The predicted molar refractivity (Wildman–Crippen MR) is 101 cm³/mol. The summed E-state index contributed by atoms with van der Waals surface area (Å²) in [6.07, 6.45) is 26.2. The summed E-state index contributed by atoms with van der Waals surface area (Å²) < 4.78 is 0. The third-order valence-corrected chi connectivity index (χ3v) is 3.80. The lowest BCUT2D eigenvalue weighted by Crippen LogP contribution is -1.86. The number of rotatable bonds is 16. The molecule has 0 aromatic rings. The van der Waals surface area contributed by atoms with Crippen molar-refractivity contribution in [1.29, 1.82) is 0 Å². The van der Waals surface area contributed by atoms with Crippen molar-refractivity contribution in [2.75, 3.05) is 6.61 Å². The standard InChI is InChI=1S/C21H36O2/c1-2-3-4-5-6-7-8-9-10-11-12-13-14-15-16-18-21(23)19-17-20-22/h9-10,16-19,22H,2-8,11-15,20H2,1H3/b10-9-,18-16+,19-17+. The first-order chi connectivity index (χ1) is 11.3. The van der Waals surface area contributed by atoms with Crippen LogP contribution >= 0.6 is 0 Å². The average Bonchev–Trinajstić information content (AvgIpc) is 2.56. The number of aliphatic hydroxyl groups excluding tert-OH is 1. The van der Waals surface area contributed by atoms with Crippen LogP contribution in [0.25, 0.3) is 0 Å². The van der Waals surface area contributed by atoms with Gasteiger partial charge in [0.2, 0.25) is 0 Å². The SMILES string of the molecule is CCCCCCCC/C=C\CCCCC/C=C/C(=O)/C=C/CO. The van der Waals surface area contributed by atoms with Gasteiger partial charge in [0.05, 0.1) is 6.61 Å². The van der Waals surface area contributed by atoms with Gasteiger partial charge < -0.3 is 5.11 Å². The Labute approximate surface area is 143 Å². The summed E-state index contributed by atoms with van der Waals surface area (Å²) in [7, 11) is 0. The smallest absolute Gasteiger partial charge is 0.178 e. The molecule has 0 amide bonds. The lowest BCUT2D eigenvalue weighted by molar-refractivity contribution is -0.110. The molecule has 0 heterocycles. The van der Waals surface area contributed by atoms with Crippen LogP contribution in [0.15, 0.2) is 36.5 Å². The van der Waals surface area contributed by atoms with E-state index < -0.39 is 0 Å². The molecule has 0 bridgehead atoms. The normalized spacial score (nSPS) is 12.1. The minimum absolute atomic E-state index is 0.0447. The molecule has 0 fully saturated rings. The first-order valence-electron chi connectivity index (χ1n) is 9.44. The van der Waals surface area contributed by atoms with Crippen molar-refractivity contribution >= 4 is 5.78 Å². The van der Waals surface area contributed by atoms with E-state index in [1.54, 1.807) is 6.08 Å². The molecule has 0 aliphatic rings. The second-order valence-corrected chi connectivity index (χ2v) is 6.06. The summed E-state index contributed by atoms with van der Waals surface area (Å²) in [6, 6.07) is 0. The molecule has 0 aromatic carbocycles. The molecule has 0 aliphatic carbocycles. The van der Waals surface area contributed by atoms with Crippen molar-refractivity contribution in [2.45, 2.75) is 84.0 Å². The Morgan fingerprint density at radius 2 is 1.17 bits per heavy atom. The quantitative estimate of drug-likeness (QED) is 0.218. The highest BCUT2D eigenvalue weighted by Crippen LogP contribution is 2.08. The highest BCUT2D eigenvalue weighted by molar-refractivity contribution is 5.99. The van der Waals surface area contributed by atoms with Gasteiger partial charge in [-0.25, -0.2) is 0 Å². The van der Waals surface area contributed by atoms with Crippen molar-refractivity contribution in [2.24, 2.45) is 0 Å². The first kappa shape index (κ1) is 21.9. The molecule has 2 nitrogen and oxygen atoms in total. The maximum Gasteiger partial charge on any atom is 0.178 e. The van der Waals surface area contributed by atoms with Crippen LogP contribution in [0.1, 0.15) is 84.0 Å². The molecule has 1 N–H and O–H groups in total. The lowest BCUT2D eigenvalue weighted by atomic mass is 10.1. The maximum absolute atomic E-state index is 11.2. The van der Waals surface area contributed by atoms with Crippen LogP contribution < -0.4 is 0 Å². The largest absolute Gasteiger partial charge is 0.392 e. The monoisotopic (exact) mass is 320 g/mol. The van der Waals surface area contributed by atoms with Crippen molar-refractivity contribution in [1.82, 2.24) is 0 Å². The van der Waals surface area contributed by atoms with Gasteiger partial charge in [-0.05, 0) is 50.7 Å². The van der Waals surface area contributed by atoms with E-state index in [9.17, 15) is 4.79 Å². The number of hydrogen-bond acceptors (Lipinski definition) is 2. The van der Waals surface area contributed by atoms with Gasteiger partial charge in [-0.3, -0.25) is 4.79 Å². The molecule has 0 rings (SSSR count). The van der Waals surface area contributed by atoms with Gasteiger partial charge >= 0.3 is 0 Å². The highest BCUT2D eigenvalue weighted by Gasteiger charge is 1.90. The molecule has 0 spiro atoms. The van der Waals surface area contributed by atoms with Gasteiger partial charge in [-0.1, -0.05) is 69.8 Å². The second kappa shape index (κ2) is 18.9. The minimum Gasteiger partial charge on any atom is -0.392 e. The van der Waals surface area contributed by atoms with Crippen molar-refractivity contribution in [3.05, 3.63) is 36.5 Å². The Hall–Kier alpha value is -1.15. The lowest BCUT2D eigenvalue weighted by Gasteiger charge is -1.98. The van der Waals surface area contributed by atoms with E-state index in [-0.39, 0.29) is 12.4 Å². The molecule has 0 aromatic heterocycles. The summed E-state index contributed by atoms with van der Waals surface area (Å²) in [5, 5.41) is 8.55. The first-order valence-corrected chi connectivity index (χ1v) is 9.44. The Balaban J connectivity index is 3.29. The Morgan fingerprint density at radius 3 is 1.78 bits per heavy atom. The molecule has 0 saturated heterocycles. The van der Waals surface area contributed by atoms with Gasteiger partial charge in [0.15, 0.2) is 5.78 Å². The summed E-state index contributed by atoms with van der Waals surface area (Å²) in [5.41, 5.74) is 0. The molecule has 23 heavy (non-hydrogen) atoms. The molecule has 132 valence electrons. The van der Waals surface area contributed by atoms with Gasteiger partial charge in [0, 0.05) is 0 Å². The zero-order valence-corrected chi connectivity index (χ0v) is 15.0. The van der Waals surface area contributed by atoms with Gasteiger partial charge in [0.1, 0.15) is 0 Å². The second-order valence-electron chi connectivity index (χ2n) is 6.06. The van der Waals surface area contributed by atoms with Gasteiger partial charge in [-0.2, -0.15) is 0 Å². The van der Waals surface area contributed by atoms with Crippen LogP contribution in [0.4, 0.5) is 0 Å². The zero-order valence-electron chi connectivity index (χ0n) is 15.0. The predicted octanol–water partition coefficient (Wildman–Crippen LogP) is 5.92. The van der Waals surface area contributed by atoms with Gasteiger partial charge in [0.25, 0.3) is 0 Å². The van der Waals surface area contributed by atoms with E-state index in [0.29, 0.717) is 0 Å². The van der Waals surface area contributed by atoms with Crippen LogP contribution in [-0.4, -0.2) is 17.5 Å². The number of unbranched alkanes of at least 4 members (excludes halogenated alkanes) is 10. The van der Waals surface area contributed by atoms with Crippen molar-refractivity contribution in [3.8, 4) is 0 Å². The van der Waals surface area contributed by atoms with Crippen LogP contribution in [0, 0.1) is 0 Å². The maximum atomic E-state index is 11.2. The highest BCUT2D eigenvalue weighted by atomic mass is 16.2. The average molecular weight is 321 g/mol. The number of carbonyl (C=O) groups is 1. The minimum atomic E-state index is -0.0774. The summed E-state index contributed by atoms with van der Waals surface area (Å²) in [6.45, 7) is 2.18. The summed E-state index contributed by atoms with van der Waals surface area (Å²) >= 11 is 0. The third-order valence-electron chi connectivity index (χ3n) is 3.80. The fourth-order valence-electron chi connectivity index (χ4n) is 2.40. The molecule has 2 heteroatoms. The summed E-state index contributed by atoms with van der Waals surface area (Å²) in [5.74, 6) is -0.0447. The van der Waals surface area contributed by atoms with Crippen LogP contribution in [-0.2, 0) is 4.79 Å². The van der Waals surface area contributed by atoms with E-state index in [2.05, 4.69) is 19.1 Å². The molecule has 0 atom stereocenters. The molecule has 0 aliphatic heterocycles. The molecular weight excluding hydrogens is 284 g/mol.